The topological polar surface area (TPSA) is 42.2 Å². The Morgan fingerprint density at radius 2 is 2.22 bits per heavy atom. The summed E-state index contributed by atoms with van der Waals surface area (Å²) in [6.45, 7) is 0.0710. The van der Waals surface area contributed by atoms with Gasteiger partial charge in [0.1, 0.15) is 12.7 Å². The Morgan fingerprint density at radius 3 is 2.33 bits per heavy atom. The molecule has 52 valence electrons. The summed E-state index contributed by atoms with van der Waals surface area (Å²) >= 11 is 5.50. The second kappa shape index (κ2) is 3.67. The Balaban J connectivity index is 3.81. The molecule has 9 heavy (non-hydrogen) atoms. The van der Waals surface area contributed by atoms with E-state index in [2.05, 4.69) is 9.47 Å². The van der Waals surface area contributed by atoms with E-state index in [1.165, 1.54) is 14.2 Å². The van der Waals surface area contributed by atoms with Gasteiger partial charge >= 0.3 is 0 Å². The molecule has 0 aliphatic heterocycles. The molecule has 4 heteroatoms. The standard InChI is InChI=1S/C5H8ClNO2/c1-8-4-5(6,3-7)9-2/h4H2,1-2H3. The predicted octanol–water partition coefficient (Wildman–Crippen LogP) is 0.738. The van der Waals surface area contributed by atoms with Crippen LogP contribution in [0.25, 0.3) is 0 Å². The molecular weight excluding hydrogens is 142 g/mol. The number of nitrogens with zero attached hydrogens (tertiary/aromatic N) is 1. The molecule has 0 radical (unpaired) electrons. The van der Waals surface area contributed by atoms with Gasteiger partial charge in [0.05, 0.1) is 0 Å². The van der Waals surface area contributed by atoms with Gasteiger partial charge in [-0.3, -0.25) is 0 Å². The number of alkyl halides is 1. The SMILES string of the molecule is COCC(Cl)(C#N)OC. The first-order valence-corrected chi connectivity index (χ1v) is 2.70. The van der Waals surface area contributed by atoms with Crippen LogP contribution in [0.1, 0.15) is 0 Å². The molecule has 3 nitrogen and oxygen atoms in total. The summed E-state index contributed by atoms with van der Waals surface area (Å²) in [6, 6.07) is 1.75. The first kappa shape index (κ1) is 8.70. The van der Waals surface area contributed by atoms with Crippen LogP contribution < -0.4 is 0 Å². The minimum atomic E-state index is -1.31. The smallest absolute Gasteiger partial charge is 0.252 e. The van der Waals surface area contributed by atoms with E-state index in [-0.39, 0.29) is 6.61 Å². The lowest BCUT2D eigenvalue weighted by molar-refractivity contribution is 0.0332. The summed E-state index contributed by atoms with van der Waals surface area (Å²) in [5.74, 6) is 0. The lowest BCUT2D eigenvalue weighted by Crippen LogP contribution is -2.27. The van der Waals surface area contributed by atoms with Crippen molar-refractivity contribution in [2.75, 3.05) is 20.8 Å². The Kier molecular flexibility index (Phi) is 3.55. The van der Waals surface area contributed by atoms with Crippen molar-refractivity contribution in [3.63, 3.8) is 0 Å². The van der Waals surface area contributed by atoms with Gasteiger partial charge in [0.25, 0.3) is 5.06 Å². The molecule has 0 rings (SSSR count). The number of ether oxygens (including phenoxy) is 2. The second-order valence-corrected chi connectivity index (χ2v) is 2.09. The number of hydrogen-bond donors (Lipinski definition) is 0. The molecule has 0 spiro atoms. The zero-order chi connectivity index (χ0) is 7.33. The monoisotopic (exact) mass is 149 g/mol. The van der Waals surface area contributed by atoms with Gasteiger partial charge in [-0.05, 0) is 0 Å². The molecular formula is C5H8ClNO2. The predicted molar refractivity (Wildman–Crippen MR) is 33.1 cm³/mol. The third kappa shape index (κ3) is 2.66. The first-order chi connectivity index (χ1) is 4.18. The summed E-state index contributed by atoms with van der Waals surface area (Å²) in [6.07, 6.45) is 0. The highest BCUT2D eigenvalue weighted by atomic mass is 35.5. The molecule has 0 aliphatic carbocycles. The van der Waals surface area contributed by atoms with Gasteiger partial charge < -0.3 is 9.47 Å². The summed E-state index contributed by atoms with van der Waals surface area (Å²) in [5, 5.41) is 7.02. The van der Waals surface area contributed by atoms with Gasteiger partial charge in [-0.2, -0.15) is 5.26 Å². The number of nitriles is 1. The van der Waals surface area contributed by atoms with Gasteiger partial charge in [0.2, 0.25) is 0 Å². The maximum absolute atomic E-state index is 8.33. The quantitative estimate of drug-likeness (QED) is 0.556. The third-order valence-corrected chi connectivity index (χ3v) is 1.17. The van der Waals surface area contributed by atoms with Crippen LogP contribution in [0.2, 0.25) is 0 Å². The summed E-state index contributed by atoms with van der Waals surface area (Å²) in [4.78, 5) is 0. The van der Waals surface area contributed by atoms with Crippen LogP contribution in [-0.2, 0) is 9.47 Å². The Morgan fingerprint density at radius 1 is 1.67 bits per heavy atom. The normalized spacial score (nSPS) is 16.2. The van der Waals surface area contributed by atoms with Crippen molar-refractivity contribution in [3.05, 3.63) is 0 Å². The molecule has 1 atom stereocenters. The van der Waals surface area contributed by atoms with Crippen molar-refractivity contribution in [2.45, 2.75) is 5.06 Å². The average molecular weight is 150 g/mol. The fourth-order valence-electron chi connectivity index (χ4n) is 0.322. The zero-order valence-corrected chi connectivity index (χ0v) is 6.10. The third-order valence-electron chi connectivity index (χ3n) is 0.820. The number of methoxy groups -OCH3 is 2. The molecule has 0 saturated heterocycles. The van der Waals surface area contributed by atoms with Crippen LogP contribution in [0.4, 0.5) is 0 Å². The van der Waals surface area contributed by atoms with Crippen LogP contribution in [0, 0.1) is 11.3 Å². The number of rotatable bonds is 3. The fraction of sp³-hybridized carbons (Fsp3) is 0.800. The van der Waals surface area contributed by atoms with Crippen LogP contribution in [0.3, 0.4) is 0 Å². The molecule has 0 aromatic heterocycles. The van der Waals surface area contributed by atoms with E-state index in [1.54, 1.807) is 6.07 Å². The van der Waals surface area contributed by atoms with E-state index in [0.717, 1.165) is 0 Å². The van der Waals surface area contributed by atoms with Gasteiger partial charge in [0, 0.05) is 14.2 Å². The van der Waals surface area contributed by atoms with Crippen molar-refractivity contribution < 1.29 is 9.47 Å². The molecule has 0 fully saturated rings. The fourth-order valence-corrected chi connectivity index (χ4v) is 0.432. The van der Waals surface area contributed by atoms with Gasteiger partial charge in [-0.25, -0.2) is 0 Å². The molecule has 0 amide bonds. The van der Waals surface area contributed by atoms with Crippen LogP contribution >= 0.6 is 11.6 Å². The molecule has 0 N–H and O–H groups in total. The van der Waals surface area contributed by atoms with Crippen LogP contribution in [-0.4, -0.2) is 25.9 Å². The van der Waals surface area contributed by atoms with Gasteiger partial charge in [-0.1, -0.05) is 11.6 Å². The molecule has 0 bridgehead atoms. The van der Waals surface area contributed by atoms with E-state index in [0.29, 0.717) is 0 Å². The lowest BCUT2D eigenvalue weighted by atomic mass is 10.4. The summed E-state index contributed by atoms with van der Waals surface area (Å²) in [7, 11) is 2.81. The van der Waals surface area contributed by atoms with Gasteiger partial charge in [-0.15, -0.1) is 0 Å². The van der Waals surface area contributed by atoms with Crippen molar-refractivity contribution in [1.29, 1.82) is 5.26 Å². The van der Waals surface area contributed by atoms with Crippen LogP contribution in [0.5, 0.6) is 0 Å². The van der Waals surface area contributed by atoms with E-state index < -0.39 is 5.06 Å². The van der Waals surface area contributed by atoms with E-state index in [9.17, 15) is 0 Å². The average Bonchev–Trinajstić information content (AvgIpc) is 1.89. The summed E-state index contributed by atoms with van der Waals surface area (Å²) in [5.41, 5.74) is 0. The van der Waals surface area contributed by atoms with E-state index >= 15 is 0 Å². The maximum atomic E-state index is 8.33. The van der Waals surface area contributed by atoms with Gasteiger partial charge in [0.15, 0.2) is 0 Å². The number of hydrogen-bond acceptors (Lipinski definition) is 3. The van der Waals surface area contributed by atoms with Crippen molar-refractivity contribution in [1.82, 2.24) is 0 Å². The minimum absolute atomic E-state index is 0.0710. The second-order valence-electron chi connectivity index (χ2n) is 1.48. The zero-order valence-electron chi connectivity index (χ0n) is 5.35. The molecule has 0 saturated carbocycles. The van der Waals surface area contributed by atoms with Crippen LogP contribution in [0.15, 0.2) is 0 Å². The molecule has 1 unspecified atom stereocenters. The van der Waals surface area contributed by atoms with Crippen molar-refractivity contribution in [2.24, 2.45) is 0 Å². The highest BCUT2D eigenvalue weighted by molar-refractivity contribution is 6.24. The minimum Gasteiger partial charge on any atom is -0.379 e. The van der Waals surface area contributed by atoms with Crippen molar-refractivity contribution in [3.8, 4) is 6.07 Å². The first-order valence-electron chi connectivity index (χ1n) is 2.33. The Hall–Kier alpha value is -0.300. The molecule has 0 heterocycles. The van der Waals surface area contributed by atoms with Crippen molar-refractivity contribution >= 4 is 11.6 Å². The molecule has 0 aromatic rings. The Bertz CT molecular complexity index is 123. The molecule has 0 aromatic carbocycles. The molecule has 0 aliphatic rings. The highest BCUT2D eigenvalue weighted by Crippen LogP contribution is 2.13. The lowest BCUT2D eigenvalue weighted by Gasteiger charge is -2.14. The highest BCUT2D eigenvalue weighted by Gasteiger charge is 2.25. The number of halogens is 1. The van der Waals surface area contributed by atoms with E-state index in [4.69, 9.17) is 16.9 Å². The summed E-state index contributed by atoms with van der Waals surface area (Å²) < 4.78 is 9.22. The largest absolute Gasteiger partial charge is 0.379 e. The maximum Gasteiger partial charge on any atom is 0.252 e. The van der Waals surface area contributed by atoms with E-state index in [1.807, 2.05) is 0 Å². The Labute approximate surface area is 59.1 Å².